The van der Waals surface area contributed by atoms with Crippen molar-refractivity contribution in [1.82, 2.24) is 35.6 Å². The van der Waals surface area contributed by atoms with Gasteiger partial charge in [-0.25, -0.2) is 9.97 Å². The molecule has 2 fully saturated rings. The lowest BCUT2D eigenvalue weighted by Crippen LogP contribution is -2.36. The number of aromatic nitrogens is 3. The summed E-state index contributed by atoms with van der Waals surface area (Å²) in [5, 5.41) is 12.2. The van der Waals surface area contributed by atoms with E-state index in [1.54, 1.807) is 30.6 Å². The van der Waals surface area contributed by atoms with Gasteiger partial charge >= 0.3 is 6.18 Å². The van der Waals surface area contributed by atoms with E-state index in [4.69, 9.17) is 11.6 Å². The van der Waals surface area contributed by atoms with Crippen molar-refractivity contribution >= 4 is 29.1 Å². The van der Waals surface area contributed by atoms with E-state index in [1.165, 1.54) is 10.5 Å². The number of halogens is 4. The van der Waals surface area contributed by atoms with Gasteiger partial charge in [0.1, 0.15) is 11.3 Å². The molecule has 0 saturated carbocycles. The zero-order chi connectivity index (χ0) is 37.3. The molecule has 2 aliphatic heterocycles. The normalized spacial score (nSPS) is 17.4. The Morgan fingerprint density at radius 3 is 2.09 bits per heavy atom. The third kappa shape index (κ3) is 7.82. The Bertz CT molecular complexity index is 2280. The number of nitrogens with one attached hydrogen (secondary N) is 4. The van der Waals surface area contributed by atoms with Gasteiger partial charge in [0.2, 0.25) is 11.8 Å². The van der Waals surface area contributed by atoms with Crippen molar-refractivity contribution in [3.8, 4) is 33.5 Å². The number of hydrogen-bond acceptors (Lipinski definition) is 7. The molecule has 2 saturated heterocycles. The van der Waals surface area contributed by atoms with E-state index in [0.717, 1.165) is 28.7 Å². The van der Waals surface area contributed by atoms with Crippen LogP contribution in [0.1, 0.15) is 48.1 Å². The second-order valence-electron chi connectivity index (χ2n) is 13.4. The van der Waals surface area contributed by atoms with E-state index >= 15 is 0 Å². The fourth-order valence-corrected chi connectivity index (χ4v) is 7.35. The molecular formula is C39H37ClF3N7O3. The van der Waals surface area contributed by atoms with E-state index in [0.29, 0.717) is 61.2 Å². The largest absolute Gasteiger partial charge is 0.433 e. The summed E-state index contributed by atoms with van der Waals surface area (Å²) >= 11 is 6.97. The molecule has 274 valence electrons. The Morgan fingerprint density at radius 2 is 1.45 bits per heavy atom. The molecule has 5 heterocycles. The van der Waals surface area contributed by atoms with Gasteiger partial charge in [0.05, 0.1) is 10.7 Å². The highest BCUT2D eigenvalue weighted by atomic mass is 35.5. The molecule has 2 atom stereocenters. The zero-order valence-corrected chi connectivity index (χ0v) is 29.6. The molecule has 10 nitrogen and oxygen atoms in total. The predicted molar refractivity (Wildman–Crippen MR) is 196 cm³/mol. The summed E-state index contributed by atoms with van der Waals surface area (Å²) in [4.78, 5) is 44.8. The summed E-state index contributed by atoms with van der Waals surface area (Å²) in [6, 6.07) is 17.5. The lowest BCUT2D eigenvalue weighted by atomic mass is 9.92. The van der Waals surface area contributed by atoms with Crippen LogP contribution in [0.3, 0.4) is 0 Å². The molecule has 0 spiro atoms. The SMILES string of the molecule is Cc1c(-c2ccn3c(=O)c(CNC[C@@H]4CCC(=O)N4)cnc3c2)cccc1-c1cccc(-c2ccc(CNC[C@H]3CCC(=O)N3)c(C(F)(F)F)n2)c1Cl. The second-order valence-corrected chi connectivity index (χ2v) is 13.8. The molecule has 0 bridgehead atoms. The minimum absolute atomic E-state index is 0.00275. The Morgan fingerprint density at radius 1 is 0.830 bits per heavy atom. The summed E-state index contributed by atoms with van der Waals surface area (Å²) in [7, 11) is 0. The number of carbonyl (C=O) groups is 2. The highest BCUT2D eigenvalue weighted by molar-refractivity contribution is 6.36. The van der Waals surface area contributed by atoms with Gasteiger partial charge < -0.3 is 21.3 Å². The summed E-state index contributed by atoms with van der Waals surface area (Å²) in [5.74, 6) is -0.0193. The van der Waals surface area contributed by atoms with Gasteiger partial charge in [-0.05, 0) is 65.8 Å². The van der Waals surface area contributed by atoms with Gasteiger partial charge in [-0.3, -0.25) is 18.8 Å². The topological polar surface area (TPSA) is 130 Å². The summed E-state index contributed by atoms with van der Waals surface area (Å²) in [6.07, 6.45) is 0.881. The number of amides is 2. The minimum Gasteiger partial charge on any atom is -0.352 e. The molecule has 53 heavy (non-hydrogen) atoms. The standard InChI is InChI=1S/C39H37ClF3N7O3/c1-22-28(23-14-15-50-33(16-23)46-19-25(38(50)53)18-45-21-27-10-13-35(52)48-27)4-2-5-29(22)30-6-3-7-31(36(30)40)32-11-8-24(37(49-32)39(41,42)43)17-44-20-26-9-12-34(51)47-26/h2-8,11,14-16,19,26-27,44-45H,9-10,12-13,17-18,20-21H2,1H3,(H,47,51)(H,48,52)/t26-,27+/m1/s1. The van der Waals surface area contributed by atoms with Crippen LogP contribution in [0.2, 0.25) is 5.02 Å². The maximum Gasteiger partial charge on any atom is 0.433 e. The first-order chi connectivity index (χ1) is 25.5. The molecule has 0 radical (unpaired) electrons. The van der Waals surface area contributed by atoms with Gasteiger partial charge in [0, 0.05) is 80.2 Å². The number of pyridine rings is 2. The zero-order valence-electron chi connectivity index (χ0n) is 28.8. The maximum absolute atomic E-state index is 14.3. The Hall–Kier alpha value is -5.11. The highest BCUT2D eigenvalue weighted by Crippen LogP contribution is 2.41. The molecule has 2 aromatic carbocycles. The average molecular weight is 744 g/mol. The Kier molecular flexibility index (Phi) is 10.3. The molecule has 14 heteroatoms. The smallest absolute Gasteiger partial charge is 0.352 e. The van der Waals surface area contributed by atoms with Crippen molar-refractivity contribution in [3.63, 3.8) is 0 Å². The molecule has 4 N–H and O–H groups in total. The highest BCUT2D eigenvalue weighted by Gasteiger charge is 2.36. The van der Waals surface area contributed by atoms with Crippen molar-refractivity contribution in [1.29, 1.82) is 0 Å². The van der Waals surface area contributed by atoms with Crippen LogP contribution >= 0.6 is 11.6 Å². The van der Waals surface area contributed by atoms with E-state index in [9.17, 15) is 27.6 Å². The Labute approximate surface area is 308 Å². The van der Waals surface area contributed by atoms with Crippen molar-refractivity contribution < 1.29 is 22.8 Å². The van der Waals surface area contributed by atoms with Crippen molar-refractivity contribution in [3.05, 3.63) is 111 Å². The number of carbonyl (C=O) groups excluding carboxylic acids is 2. The summed E-state index contributed by atoms with van der Waals surface area (Å²) in [5.41, 5.74) is 4.23. The van der Waals surface area contributed by atoms with Crippen molar-refractivity contribution in [2.24, 2.45) is 0 Å². The van der Waals surface area contributed by atoms with Crippen LogP contribution < -0.4 is 26.8 Å². The number of alkyl halides is 3. The average Bonchev–Trinajstić information content (AvgIpc) is 3.76. The fourth-order valence-electron chi connectivity index (χ4n) is 7.03. The predicted octanol–water partition coefficient (Wildman–Crippen LogP) is 5.81. The third-order valence-corrected chi connectivity index (χ3v) is 10.2. The molecule has 7 rings (SSSR count). The van der Waals surface area contributed by atoms with Crippen LogP contribution in [0, 0.1) is 6.92 Å². The van der Waals surface area contributed by atoms with Gasteiger partial charge in [0.25, 0.3) is 5.56 Å². The minimum atomic E-state index is -4.70. The number of rotatable bonds is 11. The van der Waals surface area contributed by atoms with Gasteiger partial charge in [-0.2, -0.15) is 13.2 Å². The third-order valence-electron chi connectivity index (χ3n) is 9.82. The van der Waals surface area contributed by atoms with Gasteiger partial charge in [-0.15, -0.1) is 0 Å². The molecule has 3 aromatic heterocycles. The summed E-state index contributed by atoms with van der Waals surface area (Å²) in [6.45, 7) is 3.12. The van der Waals surface area contributed by atoms with Crippen molar-refractivity contribution in [2.75, 3.05) is 13.1 Å². The van der Waals surface area contributed by atoms with Gasteiger partial charge in [-0.1, -0.05) is 54.1 Å². The molecule has 2 amide bonds. The number of hydrogen-bond donors (Lipinski definition) is 4. The fraction of sp³-hybridized carbons (Fsp3) is 0.308. The van der Waals surface area contributed by atoms with E-state index in [2.05, 4.69) is 31.2 Å². The maximum atomic E-state index is 14.3. The van der Waals surface area contributed by atoms with Crippen molar-refractivity contribution in [2.45, 2.75) is 64.0 Å². The first kappa shape index (κ1) is 36.3. The monoisotopic (exact) mass is 743 g/mol. The quantitative estimate of drug-likeness (QED) is 0.135. The number of benzene rings is 2. The van der Waals surface area contributed by atoms with Crippen LogP contribution in [0.4, 0.5) is 13.2 Å². The van der Waals surface area contributed by atoms with Crippen LogP contribution in [-0.2, 0) is 28.9 Å². The first-order valence-corrected chi connectivity index (χ1v) is 17.8. The Balaban J connectivity index is 1.13. The second kappa shape index (κ2) is 15.1. The molecule has 0 aliphatic carbocycles. The van der Waals surface area contributed by atoms with Crippen LogP contribution in [0.5, 0.6) is 0 Å². The van der Waals surface area contributed by atoms with E-state index in [1.807, 2.05) is 43.3 Å². The molecule has 2 aliphatic rings. The molecule has 0 unspecified atom stereocenters. The van der Waals surface area contributed by atoms with Crippen LogP contribution in [-0.4, -0.2) is 51.4 Å². The first-order valence-electron chi connectivity index (χ1n) is 17.4. The molecular weight excluding hydrogens is 707 g/mol. The van der Waals surface area contributed by atoms with Gasteiger partial charge in [0.15, 0.2) is 0 Å². The van der Waals surface area contributed by atoms with E-state index in [-0.39, 0.29) is 52.3 Å². The number of fused-ring (bicyclic) bond motifs is 1. The summed E-state index contributed by atoms with van der Waals surface area (Å²) < 4.78 is 44.3. The van der Waals surface area contributed by atoms with Crippen LogP contribution in [0.15, 0.2) is 77.9 Å². The number of nitrogens with zero attached hydrogens (tertiary/aromatic N) is 3. The lowest BCUT2D eigenvalue weighted by Gasteiger charge is -2.18. The lowest BCUT2D eigenvalue weighted by molar-refractivity contribution is -0.141. The van der Waals surface area contributed by atoms with E-state index < -0.39 is 11.9 Å². The van der Waals surface area contributed by atoms with Crippen LogP contribution in [0.25, 0.3) is 39.2 Å². The molecule has 5 aromatic rings.